The molecule has 2 atom stereocenters. The van der Waals surface area contributed by atoms with Crippen LogP contribution >= 0.6 is 24.0 Å². The fourth-order valence-corrected chi connectivity index (χ4v) is 2.31. The standard InChI is InChI=1S/C11H14OS2/c1-8(12)9(2)14-11(13)10-6-4-3-5-7-10/h3-9,12H,1-2H3. The molecule has 0 amide bonds. The number of rotatable bonds is 3. The van der Waals surface area contributed by atoms with Gasteiger partial charge in [0.25, 0.3) is 0 Å². The van der Waals surface area contributed by atoms with Crippen LogP contribution < -0.4 is 0 Å². The lowest BCUT2D eigenvalue weighted by Crippen LogP contribution is -2.17. The van der Waals surface area contributed by atoms with E-state index < -0.39 is 0 Å². The molecule has 2 unspecified atom stereocenters. The number of thiocarbonyl (C=S) groups is 1. The van der Waals surface area contributed by atoms with Crippen LogP contribution in [0.5, 0.6) is 0 Å². The van der Waals surface area contributed by atoms with Gasteiger partial charge in [0.15, 0.2) is 0 Å². The largest absolute Gasteiger partial charge is 0.392 e. The van der Waals surface area contributed by atoms with Crippen LogP contribution in [0.2, 0.25) is 0 Å². The second-order valence-corrected chi connectivity index (χ2v) is 5.27. The first kappa shape index (κ1) is 11.7. The molecule has 0 saturated heterocycles. The Bertz CT molecular complexity index is 295. The summed E-state index contributed by atoms with van der Waals surface area (Å²) in [6.45, 7) is 3.76. The fourth-order valence-electron chi connectivity index (χ4n) is 0.910. The zero-order chi connectivity index (χ0) is 10.6. The monoisotopic (exact) mass is 226 g/mol. The van der Waals surface area contributed by atoms with Gasteiger partial charge in [-0.3, -0.25) is 0 Å². The highest BCUT2D eigenvalue weighted by atomic mass is 32.2. The van der Waals surface area contributed by atoms with E-state index in [2.05, 4.69) is 0 Å². The van der Waals surface area contributed by atoms with Gasteiger partial charge in [0, 0.05) is 5.25 Å². The summed E-state index contributed by atoms with van der Waals surface area (Å²) >= 11 is 6.81. The predicted octanol–water partition coefficient (Wildman–Crippen LogP) is 2.86. The van der Waals surface area contributed by atoms with Gasteiger partial charge in [0.05, 0.1) is 10.3 Å². The van der Waals surface area contributed by atoms with Gasteiger partial charge >= 0.3 is 0 Å². The van der Waals surface area contributed by atoms with Gasteiger partial charge in [0.1, 0.15) is 0 Å². The third-order valence-corrected chi connectivity index (χ3v) is 3.72. The molecule has 0 aliphatic carbocycles. The molecule has 1 N–H and O–H groups in total. The minimum Gasteiger partial charge on any atom is -0.392 e. The molecule has 0 spiro atoms. The van der Waals surface area contributed by atoms with Crippen LogP contribution in [-0.4, -0.2) is 20.7 Å². The molecule has 0 heterocycles. The van der Waals surface area contributed by atoms with E-state index in [-0.39, 0.29) is 11.4 Å². The zero-order valence-corrected chi connectivity index (χ0v) is 9.94. The molecule has 0 aliphatic heterocycles. The molecule has 0 aliphatic rings. The maximum atomic E-state index is 9.34. The van der Waals surface area contributed by atoms with Crippen LogP contribution in [0.25, 0.3) is 0 Å². The summed E-state index contributed by atoms with van der Waals surface area (Å²) in [5, 5.41) is 9.48. The second-order valence-electron chi connectivity index (χ2n) is 3.22. The van der Waals surface area contributed by atoms with Crippen LogP contribution in [0.1, 0.15) is 19.4 Å². The van der Waals surface area contributed by atoms with Crippen molar-refractivity contribution in [2.75, 3.05) is 0 Å². The van der Waals surface area contributed by atoms with E-state index in [4.69, 9.17) is 12.2 Å². The third-order valence-electron chi connectivity index (χ3n) is 1.98. The summed E-state index contributed by atoms with van der Waals surface area (Å²) in [5.41, 5.74) is 1.06. The number of hydrogen-bond donors (Lipinski definition) is 1. The van der Waals surface area contributed by atoms with E-state index in [1.165, 1.54) is 0 Å². The Hall–Kier alpha value is -0.380. The van der Waals surface area contributed by atoms with Gasteiger partial charge in [-0.2, -0.15) is 0 Å². The van der Waals surface area contributed by atoms with Crippen molar-refractivity contribution in [3.8, 4) is 0 Å². The van der Waals surface area contributed by atoms with E-state index >= 15 is 0 Å². The van der Waals surface area contributed by atoms with Gasteiger partial charge in [0.2, 0.25) is 0 Å². The lowest BCUT2D eigenvalue weighted by molar-refractivity contribution is 0.196. The molecule has 3 heteroatoms. The normalized spacial score (nSPS) is 14.8. The Morgan fingerprint density at radius 3 is 2.36 bits per heavy atom. The SMILES string of the molecule is CC(O)C(C)SC(=S)c1ccccc1. The number of aliphatic hydroxyl groups excluding tert-OH is 1. The van der Waals surface area contributed by atoms with E-state index in [9.17, 15) is 5.11 Å². The molecule has 1 aromatic rings. The van der Waals surface area contributed by atoms with Gasteiger partial charge in [-0.25, -0.2) is 0 Å². The minimum atomic E-state index is -0.332. The van der Waals surface area contributed by atoms with Gasteiger partial charge in [-0.15, -0.1) is 11.8 Å². The molecular weight excluding hydrogens is 212 g/mol. The van der Waals surface area contributed by atoms with Crippen molar-refractivity contribution >= 4 is 28.2 Å². The molecule has 76 valence electrons. The Balaban J connectivity index is 2.60. The van der Waals surface area contributed by atoms with E-state index in [0.717, 1.165) is 9.76 Å². The van der Waals surface area contributed by atoms with Crippen molar-refractivity contribution in [1.29, 1.82) is 0 Å². The first-order valence-corrected chi connectivity index (χ1v) is 5.84. The van der Waals surface area contributed by atoms with E-state index in [1.54, 1.807) is 18.7 Å². The second kappa shape index (κ2) is 5.49. The first-order chi connectivity index (χ1) is 6.61. The first-order valence-electron chi connectivity index (χ1n) is 4.55. The third kappa shape index (κ3) is 3.40. The quantitative estimate of drug-likeness (QED) is 0.800. The van der Waals surface area contributed by atoms with Crippen molar-refractivity contribution in [3.05, 3.63) is 35.9 Å². The van der Waals surface area contributed by atoms with Crippen molar-refractivity contribution < 1.29 is 5.11 Å². The van der Waals surface area contributed by atoms with Crippen molar-refractivity contribution in [3.63, 3.8) is 0 Å². The number of thioether (sulfide) groups is 1. The summed E-state index contributed by atoms with van der Waals surface area (Å²) in [5.74, 6) is 0. The highest BCUT2D eigenvalue weighted by Gasteiger charge is 2.12. The van der Waals surface area contributed by atoms with Crippen molar-refractivity contribution in [2.24, 2.45) is 0 Å². The highest BCUT2D eigenvalue weighted by molar-refractivity contribution is 8.24. The van der Waals surface area contributed by atoms with Crippen LogP contribution in [0.15, 0.2) is 30.3 Å². The molecule has 0 fully saturated rings. The Kier molecular flexibility index (Phi) is 4.58. The van der Waals surface area contributed by atoms with Gasteiger partial charge in [-0.05, 0) is 12.5 Å². The van der Waals surface area contributed by atoms with E-state index in [1.807, 2.05) is 37.3 Å². The Labute approximate surface area is 94.5 Å². The molecule has 1 rings (SSSR count). The molecule has 1 aromatic carbocycles. The van der Waals surface area contributed by atoms with Crippen LogP contribution in [-0.2, 0) is 0 Å². The maximum absolute atomic E-state index is 9.34. The van der Waals surface area contributed by atoms with E-state index in [0.29, 0.717) is 0 Å². The average Bonchev–Trinajstić information content (AvgIpc) is 2.19. The molecule has 0 aromatic heterocycles. The summed E-state index contributed by atoms with van der Waals surface area (Å²) < 4.78 is 0.846. The molecule has 0 radical (unpaired) electrons. The fraction of sp³-hybridized carbons (Fsp3) is 0.364. The molecule has 14 heavy (non-hydrogen) atoms. The summed E-state index contributed by atoms with van der Waals surface area (Å²) in [6, 6.07) is 9.88. The van der Waals surface area contributed by atoms with Crippen molar-refractivity contribution in [2.45, 2.75) is 25.2 Å². The van der Waals surface area contributed by atoms with Crippen molar-refractivity contribution in [1.82, 2.24) is 0 Å². The maximum Gasteiger partial charge on any atom is 0.0781 e. The Morgan fingerprint density at radius 2 is 1.86 bits per heavy atom. The predicted molar refractivity (Wildman–Crippen MR) is 66.9 cm³/mol. The number of hydrogen-bond acceptors (Lipinski definition) is 3. The lowest BCUT2D eigenvalue weighted by Gasteiger charge is -2.14. The summed E-state index contributed by atoms with van der Waals surface area (Å²) in [4.78, 5) is 0. The van der Waals surface area contributed by atoms with Gasteiger partial charge in [-0.1, -0.05) is 49.5 Å². The van der Waals surface area contributed by atoms with Gasteiger partial charge < -0.3 is 5.11 Å². The molecule has 1 nitrogen and oxygen atoms in total. The van der Waals surface area contributed by atoms with Crippen LogP contribution in [0, 0.1) is 0 Å². The van der Waals surface area contributed by atoms with Crippen LogP contribution in [0.4, 0.5) is 0 Å². The topological polar surface area (TPSA) is 20.2 Å². The summed E-state index contributed by atoms with van der Waals surface area (Å²) in [6.07, 6.45) is -0.332. The zero-order valence-electron chi connectivity index (χ0n) is 8.31. The number of aliphatic hydroxyl groups is 1. The lowest BCUT2D eigenvalue weighted by atomic mass is 10.2. The molecule has 0 bridgehead atoms. The minimum absolute atomic E-state index is 0.141. The highest BCUT2D eigenvalue weighted by Crippen LogP contribution is 2.21. The summed E-state index contributed by atoms with van der Waals surface area (Å²) in [7, 11) is 0. The average molecular weight is 226 g/mol. The number of benzene rings is 1. The Morgan fingerprint density at radius 1 is 1.29 bits per heavy atom. The van der Waals surface area contributed by atoms with Crippen LogP contribution in [0.3, 0.4) is 0 Å². The smallest absolute Gasteiger partial charge is 0.0781 e. The molecular formula is C11H14OS2. The molecule has 0 saturated carbocycles.